The van der Waals surface area contributed by atoms with E-state index in [9.17, 15) is 9.59 Å². The maximum atomic E-state index is 11.9. The van der Waals surface area contributed by atoms with Gasteiger partial charge >= 0.3 is 5.97 Å². The fourth-order valence-electron chi connectivity index (χ4n) is 3.12. The number of likely N-dealkylation sites (tertiary alicyclic amines) is 1. The van der Waals surface area contributed by atoms with Crippen LogP contribution < -0.4 is 9.47 Å². The van der Waals surface area contributed by atoms with Crippen LogP contribution in [0.15, 0.2) is 18.2 Å². The standard InChI is InChI=1S/C20H29NO5/c1-3-4-5-6-11-26-17-8-7-15(12-18(17)25-2)9-10-21-14-16(20(23)24)13-19(21)22/h7-8,12,16H,3-6,9-11,13-14H2,1-2H3,(H,23,24). The molecule has 1 amide bonds. The second-order valence-electron chi connectivity index (χ2n) is 6.72. The van der Waals surface area contributed by atoms with E-state index in [1.165, 1.54) is 12.8 Å². The molecule has 0 spiro atoms. The molecular formula is C20H29NO5. The monoisotopic (exact) mass is 363 g/mol. The highest BCUT2D eigenvalue weighted by atomic mass is 16.5. The van der Waals surface area contributed by atoms with Gasteiger partial charge < -0.3 is 19.5 Å². The number of ether oxygens (including phenoxy) is 2. The Hall–Kier alpha value is -2.24. The third-order valence-corrected chi connectivity index (χ3v) is 4.72. The third-order valence-electron chi connectivity index (χ3n) is 4.72. The lowest BCUT2D eigenvalue weighted by Crippen LogP contribution is -2.28. The van der Waals surface area contributed by atoms with Crippen LogP contribution >= 0.6 is 0 Å². The van der Waals surface area contributed by atoms with Crippen molar-refractivity contribution in [1.82, 2.24) is 4.90 Å². The van der Waals surface area contributed by atoms with Crippen molar-refractivity contribution in [2.45, 2.75) is 45.4 Å². The molecule has 1 atom stereocenters. The molecule has 0 aliphatic carbocycles. The smallest absolute Gasteiger partial charge is 0.308 e. The quantitative estimate of drug-likeness (QED) is 0.611. The highest BCUT2D eigenvalue weighted by Crippen LogP contribution is 2.29. The third kappa shape index (κ3) is 5.64. The minimum atomic E-state index is -0.900. The molecule has 0 radical (unpaired) electrons. The van der Waals surface area contributed by atoms with Crippen LogP contribution in [0.2, 0.25) is 0 Å². The zero-order chi connectivity index (χ0) is 18.9. The Morgan fingerprint density at radius 3 is 2.73 bits per heavy atom. The molecule has 26 heavy (non-hydrogen) atoms. The first-order valence-electron chi connectivity index (χ1n) is 9.35. The van der Waals surface area contributed by atoms with Gasteiger partial charge in [-0.2, -0.15) is 0 Å². The summed E-state index contributed by atoms with van der Waals surface area (Å²) >= 11 is 0. The minimum absolute atomic E-state index is 0.0867. The van der Waals surface area contributed by atoms with Crippen LogP contribution in [0.3, 0.4) is 0 Å². The minimum Gasteiger partial charge on any atom is -0.493 e. The van der Waals surface area contributed by atoms with Crippen LogP contribution in [-0.2, 0) is 16.0 Å². The summed E-state index contributed by atoms with van der Waals surface area (Å²) in [7, 11) is 1.62. The molecule has 1 aliphatic rings. The molecule has 6 nitrogen and oxygen atoms in total. The summed E-state index contributed by atoms with van der Waals surface area (Å²) in [5, 5.41) is 9.04. The lowest BCUT2D eigenvalue weighted by Gasteiger charge is -2.17. The molecule has 1 saturated heterocycles. The molecule has 0 bridgehead atoms. The SMILES string of the molecule is CCCCCCOc1ccc(CCN2CC(C(=O)O)CC2=O)cc1OC. The number of methoxy groups -OCH3 is 1. The van der Waals surface area contributed by atoms with Gasteiger partial charge in [0.05, 0.1) is 19.6 Å². The lowest BCUT2D eigenvalue weighted by atomic mass is 10.1. The van der Waals surface area contributed by atoms with Gasteiger partial charge in [-0.1, -0.05) is 32.3 Å². The molecule has 0 aromatic heterocycles. The summed E-state index contributed by atoms with van der Waals surface area (Å²) in [5.41, 5.74) is 1.03. The number of amides is 1. The number of nitrogens with zero attached hydrogens (tertiary/aromatic N) is 1. The van der Waals surface area contributed by atoms with Gasteiger partial charge in [-0.25, -0.2) is 0 Å². The van der Waals surface area contributed by atoms with Crippen LogP contribution in [0.4, 0.5) is 0 Å². The van der Waals surface area contributed by atoms with E-state index >= 15 is 0 Å². The second kappa shape index (κ2) is 10.0. The van der Waals surface area contributed by atoms with E-state index in [0.29, 0.717) is 31.9 Å². The van der Waals surface area contributed by atoms with Crippen LogP contribution in [0.1, 0.15) is 44.6 Å². The van der Waals surface area contributed by atoms with Gasteiger partial charge in [-0.15, -0.1) is 0 Å². The summed E-state index contributed by atoms with van der Waals surface area (Å²) in [6, 6.07) is 5.80. The predicted molar refractivity (Wildman–Crippen MR) is 98.7 cm³/mol. The van der Waals surface area contributed by atoms with Gasteiger partial charge in [0.1, 0.15) is 0 Å². The first kappa shape index (κ1) is 20.1. The maximum absolute atomic E-state index is 11.9. The summed E-state index contributed by atoms with van der Waals surface area (Å²) in [5.74, 6) is -0.148. The van der Waals surface area contributed by atoms with Gasteiger partial charge in [0.15, 0.2) is 11.5 Å². The molecular weight excluding hydrogens is 334 g/mol. The number of carboxylic acids is 1. The molecule has 1 aromatic carbocycles. The molecule has 1 unspecified atom stereocenters. The van der Waals surface area contributed by atoms with Crippen LogP contribution in [-0.4, -0.2) is 48.7 Å². The number of rotatable bonds is 11. The highest BCUT2D eigenvalue weighted by molar-refractivity contribution is 5.86. The number of hydrogen-bond donors (Lipinski definition) is 1. The Morgan fingerprint density at radius 1 is 1.27 bits per heavy atom. The number of carboxylic acid groups (broad SMARTS) is 1. The number of hydrogen-bond acceptors (Lipinski definition) is 4. The Kier molecular flexibility index (Phi) is 7.75. The molecule has 2 rings (SSSR count). The molecule has 1 N–H and O–H groups in total. The number of carbonyl (C=O) groups is 2. The Labute approximate surface area is 155 Å². The van der Waals surface area contributed by atoms with Crippen LogP contribution in [0, 0.1) is 5.92 Å². The number of unbranched alkanes of at least 4 members (excludes halogenated alkanes) is 3. The fraction of sp³-hybridized carbons (Fsp3) is 0.600. The second-order valence-corrected chi connectivity index (χ2v) is 6.72. The van der Waals surface area contributed by atoms with E-state index in [-0.39, 0.29) is 12.3 Å². The average Bonchev–Trinajstić information content (AvgIpc) is 3.01. The topological polar surface area (TPSA) is 76.1 Å². The first-order chi connectivity index (χ1) is 12.5. The summed E-state index contributed by atoms with van der Waals surface area (Å²) in [4.78, 5) is 24.6. The molecule has 6 heteroatoms. The van der Waals surface area contributed by atoms with E-state index in [0.717, 1.165) is 24.2 Å². The number of benzene rings is 1. The van der Waals surface area contributed by atoms with Crippen molar-refractivity contribution in [3.8, 4) is 11.5 Å². The largest absolute Gasteiger partial charge is 0.493 e. The maximum Gasteiger partial charge on any atom is 0.308 e. The summed E-state index contributed by atoms with van der Waals surface area (Å²) < 4.78 is 11.2. The van der Waals surface area contributed by atoms with E-state index in [1.54, 1.807) is 12.0 Å². The van der Waals surface area contributed by atoms with Crippen molar-refractivity contribution in [3.63, 3.8) is 0 Å². The van der Waals surface area contributed by atoms with Gasteiger partial charge in [-0.3, -0.25) is 9.59 Å². The van der Waals surface area contributed by atoms with Gasteiger partial charge in [-0.05, 0) is 30.5 Å². The molecule has 1 heterocycles. The van der Waals surface area contributed by atoms with E-state index in [1.807, 2.05) is 18.2 Å². The molecule has 0 saturated carbocycles. The van der Waals surface area contributed by atoms with Crippen molar-refractivity contribution in [2.75, 3.05) is 26.8 Å². The Balaban J connectivity index is 1.86. The highest BCUT2D eigenvalue weighted by Gasteiger charge is 2.33. The van der Waals surface area contributed by atoms with Crippen molar-refractivity contribution >= 4 is 11.9 Å². The fourth-order valence-corrected chi connectivity index (χ4v) is 3.12. The first-order valence-corrected chi connectivity index (χ1v) is 9.35. The number of aliphatic carboxylic acids is 1. The molecule has 1 aromatic rings. The van der Waals surface area contributed by atoms with E-state index in [4.69, 9.17) is 14.6 Å². The normalized spacial score (nSPS) is 16.8. The number of carbonyl (C=O) groups excluding carboxylic acids is 1. The van der Waals surface area contributed by atoms with Crippen molar-refractivity contribution in [1.29, 1.82) is 0 Å². The van der Waals surface area contributed by atoms with Gasteiger partial charge in [0, 0.05) is 19.5 Å². The Morgan fingerprint density at radius 2 is 2.08 bits per heavy atom. The molecule has 1 aliphatic heterocycles. The van der Waals surface area contributed by atoms with Crippen LogP contribution in [0.25, 0.3) is 0 Å². The van der Waals surface area contributed by atoms with E-state index < -0.39 is 11.9 Å². The van der Waals surface area contributed by atoms with Crippen molar-refractivity contribution < 1.29 is 24.2 Å². The van der Waals surface area contributed by atoms with Crippen molar-refractivity contribution in [3.05, 3.63) is 23.8 Å². The average molecular weight is 363 g/mol. The molecule has 144 valence electrons. The lowest BCUT2D eigenvalue weighted by molar-refractivity contribution is -0.141. The summed E-state index contributed by atoms with van der Waals surface area (Å²) in [6.45, 7) is 3.67. The van der Waals surface area contributed by atoms with Crippen LogP contribution in [0.5, 0.6) is 11.5 Å². The van der Waals surface area contributed by atoms with Gasteiger partial charge in [0.2, 0.25) is 5.91 Å². The summed E-state index contributed by atoms with van der Waals surface area (Å²) in [6.07, 6.45) is 5.37. The predicted octanol–water partition coefficient (Wildman–Crippen LogP) is 3.13. The van der Waals surface area contributed by atoms with Gasteiger partial charge in [0.25, 0.3) is 0 Å². The van der Waals surface area contributed by atoms with Crippen molar-refractivity contribution in [2.24, 2.45) is 5.92 Å². The molecule has 1 fully saturated rings. The van der Waals surface area contributed by atoms with E-state index in [2.05, 4.69) is 6.92 Å². The zero-order valence-electron chi connectivity index (χ0n) is 15.7. The zero-order valence-corrected chi connectivity index (χ0v) is 15.7. The Bertz CT molecular complexity index is 616.